The fourth-order valence-electron chi connectivity index (χ4n) is 3.31. The summed E-state index contributed by atoms with van der Waals surface area (Å²) in [5, 5.41) is 8.85. The molecule has 3 aromatic rings. The SMILES string of the molecule is CCc1nc2ccc(Cl)cn2c1C(=O)NCc1ccc(NCCNC(=O)OC(C)(C)C)c(F)c1. The lowest BCUT2D eigenvalue weighted by atomic mass is 10.2. The van der Waals surface area contributed by atoms with E-state index in [-0.39, 0.29) is 19.0 Å². The monoisotopic (exact) mass is 489 g/mol. The Hall–Kier alpha value is -3.33. The van der Waals surface area contributed by atoms with Crippen molar-refractivity contribution >= 4 is 34.9 Å². The molecule has 10 heteroatoms. The van der Waals surface area contributed by atoms with Gasteiger partial charge in [-0.3, -0.25) is 9.20 Å². The van der Waals surface area contributed by atoms with E-state index in [0.717, 1.165) is 0 Å². The quantitative estimate of drug-likeness (QED) is 0.403. The molecule has 0 aliphatic rings. The minimum atomic E-state index is -0.578. The van der Waals surface area contributed by atoms with Crippen LogP contribution in [0, 0.1) is 5.82 Å². The molecule has 3 rings (SSSR count). The number of nitrogens with one attached hydrogen (secondary N) is 3. The number of carbonyl (C=O) groups is 2. The standard InChI is InChI=1S/C24H29ClFN5O3/c1-5-18-21(31-14-16(25)7-9-20(31)30-18)22(32)29-13-15-6-8-19(17(26)12-15)27-10-11-28-23(33)34-24(2,3)4/h6-9,12,14,27H,5,10-11,13H2,1-4H3,(H,28,33)(H,29,32). The highest BCUT2D eigenvalue weighted by Gasteiger charge is 2.19. The number of amides is 2. The molecule has 2 aromatic heterocycles. The van der Waals surface area contributed by atoms with Gasteiger partial charge in [-0.25, -0.2) is 14.2 Å². The number of aryl methyl sites for hydroxylation is 1. The van der Waals surface area contributed by atoms with E-state index in [1.165, 1.54) is 6.07 Å². The van der Waals surface area contributed by atoms with Gasteiger partial charge in [0, 0.05) is 25.8 Å². The highest BCUT2D eigenvalue weighted by molar-refractivity contribution is 6.30. The smallest absolute Gasteiger partial charge is 0.407 e. The van der Waals surface area contributed by atoms with Gasteiger partial charge in [-0.15, -0.1) is 0 Å². The van der Waals surface area contributed by atoms with Crippen LogP contribution in [0.15, 0.2) is 36.5 Å². The molecule has 0 radical (unpaired) electrons. The Labute approximate surface area is 202 Å². The van der Waals surface area contributed by atoms with Crippen molar-refractivity contribution in [3.05, 3.63) is 64.3 Å². The van der Waals surface area contributed by atoms with E-state index in [1.807, 2.05) is 6.92 Å². The lowest BCUT2D eigenvalue weighted by molar-refractivity contribution is 0.0530. The second kappa shape index (κ2) is 10.7. The highest BCUT2D eigenvalue weighted by atomic mass is 35.5. The summed E-state index contributed by atoms with van der Waals surface area (Å²) in [6.07, 6.45) is 1.70. The number of carbonyl (C=O) groups excluding carboxylic acids is 2. The van der Waals surface area contributed by atoms with E-state index in [2.05, 4.69) is 20.9 Å². The summed E-state index contributed by atoms with van der Waals surface area (Å²) in [6.45, 7) is 8.00. The summed E-state index contributed by atoms with van der Waals surface area (Å²) in [4.78, 5) is 29.0. The third kappa shape index (κ3) is 6.60. The van der Waals surface area contributed by atoms with Crippen LogP contribution in [0.4, 0.5) is 14.9 Å². The molecule has 0 unspecified atom stereocenters. The van der Waals surface area contributed by atoms with Crippen LogP contribution in [-0.2, 0) is 17.7 Å². The molecule has 0 saturated heterocycles. The topological polar surface area (TPSA) is 96.8 Å². The van der Waals surface area contributed by atoms with Gasteiger partial charge in [0.25, 0.3) is 5.91 Å². The molecular formula is C24H29ClFN5O3. The zero-order valence-corrected chi connectivity index (χ0v) is 20.4. The number of imidazole rings is 1. The maximum atomic E-state index is 14.5. The first-order valence-corrected chi connectivity index (χ1v) is 11.4. The number of fused-ring (bicyclic) bond motifs is 1. The zero-order valence-electron chi connectivity index (χ0n) is 19.7. The number of pyridine rings is 1. The number of hydrogen-bond acceptors (Lipinski definition) is 5. The molecule has 8 nitrogen and oxygen atoms in total. The number of alkyl carbamates (subject to hydrolysis) is 1. The maximum absolute atomic E-state index is 14.5. The number of halogens is 2. The average molecular weight is 490 g/mol. The molecular weight excluding hydrogens is 461 g/mol. The molecule has 2 amide bonds. The van der Waals surface area contributed by atoms with Gasteiger partial charge in [0.05, 0.1) is 16.4 Å². The molecule has 1 aromatic carbocycles. The van der Waals surface area contributed by atoms with Gasteiger partial charge < -0.3 is 20.7 Å². The summed E-state index contributed by atoms with van der Waals surface area (Å²) in [5.41, 5.74) is 2.03. The normalized spacial score (nSPS) is 11.4. The van der Waals surface area contributed by atoms with Crippen molar-refractivity contribution < 1.29 is 18.7 Å². The molecule has 0 bridgehead atoms. The Morgan fingerprint density at radius 3 is 2.59 bits per heavy atom. The minimum absolute atomic E-state index is 0.146. The molecule has 0 atom stereocenters. The number of rotatable bonds is 8. The predicted molar refractivity (Wildman–Crippen MR) is 130 cm³/mol. The molecule has 0 fully saturated rings. The van der Waals surface area contributed by atoms with Crippen molar-refractivity contribution in [2.75, 3.05) is 18.4 Å². The van der Waals surface area contributed by atoms with Crippen LogP contribution in [-0.4, -0.2) is 40.1 Å². The van der Waals surface area contributed by atoms with Gasteiger partial charge in [-0.05, 0) is 57.0 Å². The summed E-state index contributed by atoms with van der Waals surface area (Å²) in [6, 6.07) is 8.14. The summed E-state index contributed by atoms with van der Waals surface area (Å²) in [7, 11) is 0. The van der Waals surface area contributed by atoms with Crippen molar-refractivity contribution in [1.29, 1.82) is 0 Å². The lowest BCUT2D eigenvalue weighted by Crippen LogP contribution is -2.35. The Morgan fingerprint density at radius 2 is 1.91 bits per heavy atom. The number of hydrogen-bond donors (Lipinski definition) is 3. The fourth-order valence-corrected chi connectivity index (χ4v) is 3.47. The van der Waals surface area contributed by atoms with Gasteiger partial charge >= 0.3 is 6.09 Å². The largest absolute Gasteiger partial charge is 0.444 e. The zero-order chi connectivity index (χ0) is 24.9. The third-order valence-corrected chi connectivity index (χ3v) is 5.02. The molecule has 3 N–H and O–H groups in total. The van der Waals surface area contributed by atoms with Crippen molar-refractivity contribution in [3.63, 3.8) is 0 Å². The average Bonchev–Trinajstić information content (AvgIpc) is 3.12. The van der Waals surface area contributed by atoms with Gasteiger partial charge in [0.1, 0.15) is 22.8 Å². The Balaban J connectivity index is 1.56. The van der Waals surface area contributed by atoms with E-state index < -0.39 is 17.5 Å². The van der Waals surface area contributed by atoms with Crippen LogP contribution in [0.2, 0.25) is 5.02 Å². The molecule has 2 heterocycles. The van der Waals surface area contributed by atoms with Crippen LogP contribution in [0.3, 0.4) is 0 Å². The first-order valence-electron chi connectivity index (χ1n) is 11.0. The Kier molecular flexibility index (Phi) is 7.98. The van der Waals surface area contributed by atoms with Gasteiger partial charge in [0.2, 0.25) is 0 Å². The molecule has 0 aliphatic carbocycles. The van der Waals surface area contributed by atoms with E-state index in [4.69, 9.17) is 16.3 Å². The number of benzene rings is 1. The van der Waals surface area contributed by atoms with Gasteiger partial charge in [-0.2, -0.15) is 0 Å². The van der Waals surface area contributed by atoms with Gasteiger partial charge in [-0.1, -0.05) is 24.6 Å². The maximum Gasteiger partial charge on any atom is 0.407 e. The van der Waals surface area contributed by atoms with Crippen molar-refractivity contribution in [2.45, 2.75) is 46.3 Å². The number of ether oxygens (including phenoxy) is 1. The molecule has 34 heavy (non-hydrogen) atoms. The van der Waals surface area contributed by atoms with Crippen molar-refractivity contribution in [1.82, 2.24) is 20.0 Å². The van der Waals surface area contributed by atoms with Crippen LogP contribution in [0.25, 0.3) is 5.65 Å². The first kappa shape index (κ1) is 25.3. The molecule has 0 saturated carbocycles. The molecule has 0 spiro atoms. The van der Waals surface area contributed by atoms with Crippen LogP contribution < -0.4 is 16.0 Å². The first-order chi connectivity index (χ1) is 16.1. The van der Waals surface area contributed by atoms with Gasteiger partial charge in [0.15, 0.2) is 0 Å². The van der Waals surface area contributed by atoms with Crippen molar-refractivity contribution in [3.8, 4) is 0 Å². The Morgan fingerprint density at radius 1 is 1.15 bits per heavy atom. The van der Waals surface area contributed by atoms with Crippen LogP contribution in [0.1, 0.15) is 49.4 Å². The minimum Gasteiger partial charge on any atom is -0.444 e. The predicted octanol–water partition coefficient (Wildman–Crippen LogP) is 4.56. The van der Waals surface area contributed by atoms with Crippen molar-refractivity contribution in [2.24, 2.45) is 0 Å². The second-order valence-electron chi connectivity index (χ2n) is 8.69. The summed E-state index contributed by atoms with van der Waals surface area (Å²) in [5.74, 6) is -0.776. The van der Waals surface area contributed by atoms with Crippen LogP contribution in [0.5, 0.6) is 0 Å². The van der Waals surface area contributed by atoms with E-state index in [1.54, 1.807) is 55.6 Å². The van der Waals surface area contributed by atoms with Crippen LogP contribution >= 0.6 is 11.6 Å². The number of anilines is 1. The highest BCUT2D eigenvalue weighted by Crippen LogP contribution is 2.19. The van der Waals surface area contributed by atoms with E-state index >= 15 is 0 Å². The number of aromatic nitrogens is 2. The molecule has 0 aliphatic heterocycles. The fraction of sp³-hybridized carbons (Fsp3) is 0.375. The molecule has 182 valence electrons. The second-order valence-corrected chi connectivity index (χ2v) is 9.12. The third-order valence-electron chi connectivity index (χ3n) is 4.80. The van der Waals surface area contributed by atoms with E-state index in [9.17, 15) is 14.0 Å². The lowest BCUT2D eigenvalue weighted by Gasteiger charge is -2.19. The van der Waals surface area contributed by atoms with E-state index in [0.29, 0.717) is 46.3 Å². The number of nitrogens with zero attached hydrogens (tertiary/aromatic N) is 2. The summed E-state index contributed by atoms with van der Waals surface area (Å²) >= 11 is 6.08. The summed E-state index contributed by atoms with van der Waals surface area (Å²) < 4.78 is 21.3. The Bertz CT molecular complexity index is 1190.